The molecule has 0 N–H and O–H groups in total. The molecule has 3 saturated heterocycles. The van der Waals surface area contributed by atoms with E-state index in [0.717, 1.165) is 62.7 Å². The number of benzene rings is 1. The zero-order valence-corrected chi connectivity index (χ0v) is 25.5. The highest BCUT2D eigenvalue weighted by molar-refractivity contribution is 7.91. The smallest absolute Gasteiger partial charge is 0.151 e. The molecule has 5 rings (SSSR count). The van der Waals surface area contributed by atoms with Crippen molar-refractivity contribution < 1.29 is 8.42 Å². The maximum Gasteiger partial charge on any atom is 0.151 e. The number of piperidine rings is 1. The largest absolute Gasteiger partial charge is 0.356 e. The minimum absolute atomic E-state index is 0. The zero-order chi connectivity index (χ0) is 23.9. The summed E-state index contributed by atoms with van der Waals surface area (Å²) in [5.41, 5.74) is 1.28. The number of hydrogen-bond donors (Lipinski definition) is 0. The molecule has 1 aromatic heterocycles. The van der Waals surface area contributed by atoms with Crippen LogP contribution < -0.4 is 4.90 Å². The van der Waals surface area contributed by atoms with E-state index in [1.807, 2.05) is 24.3 Å². The van der Waals surface area contributed by atoms with Crippen molar-refractivity contribution in [1.82, 2.24) is 14.8 Å². The molecule has 0 saturated carbocycles. The number of piperazine rings is 1. The Morgan fingerprint density at radius 3 is 2.22 bits per heavy atom. The molecule has 0 spiro atoms. The second-order valence-electron chi connectivity index (χ2n) is 10.0. The minimum atomic E-state index is -3.02. The number of hydrogen-bond acceptors (Lipinski definition) is 6. The van der Waals surface area contributed by atoms with Crippen LogP contribution in [0.2, 0.25) is 10.0 Å². The van der Waals surface area contributed by atoms with Crippen molar-refractivity contribution in [2.24, 2.45) is 0 Å². The van der Waals surface area contributed by atoms with Gasteiger partial charge in [-0.25, -0.2) is 13.4 Å². The lowest BCUT2D eigenvalue weighted by molar-refractivity contribution is 0.0127. The number of aromatic nitrogens is 1. The predicted octanol–water partition coefficient (Wildman–Crippen LogP) is 5.04. The summed E-state index contributed by atoms with van der Waals surface area (Å²) >= 11 is 12.3. The fourth-order valence-corrected chi connectivity index (χ4v) is 7.26. The fraction of sp³-hybridized carbons (Fsp3) is 0.560. The molecular weight excluding hydrogens is 598 g/mol. The quantitative estimate of drug-likeness (QED) is 0.461. The van der Waals surface area contributed by atoms with Gasteiger partial charge in [0, 0.05) is 73.3 Å². The Morgan fingerprint density at radius 1 is 0.919 bits per heavy atom. The van der Waals surface area contributed by atoms with Crippen LogP contribution in [0.15, 0.2) is 42.6 Å². The molecule has 3 fully saturated rings. The van der Waals surface area contributed by atoms with Crippen LogP contribution >= 0.6 is 60.4 Å². The van der Waals surface area contributed by atoms with Crippen molar-refractivity contribution in [3.05, 3.63) is 58.2 Å². The molecule has 0 bridgehead atoms. The summed E-state index contributed by atoms with van der Waals surface area (Å²) in [5, 5.41) is 1.22. The van der Waals surface area contributed by atoms with E-state index in [2.05, 4.69) is 31.8 Å². The van der Waals surface area contributed by atoms with Gasteiger partial charge in [-0.05, 0) is 55.5 Å². The van der Waals surface area contributed by atoms with E-state index < -0.39 is 9.84 Å². The molecule has 4 heterocycles. The van der Waals surface area contributed by atoms with Crippen molar-refractivity contribution in [2.75, 3.05) is 43.9 Å². The number of fused-ring (bicyclic) bond motifs is 1. The van der Waals surface area contributed by atoms with E-state index in [1.165, 1.54) is 11.8 Å². The number of rotatable bonds is 5. The maximum atomic E-state index is 12.3. The van der Waals surface area contributed by atoms with E-state index in [4.69, 9.17) is 23.2 Å². The summed E-state index contributed by atoms with van der Waals surface area (Å²) < 4.78 is 24.6. The molecule has 0 unspecified atom stereocenters. The number of sulfone groups is 1. The van der Waals surface area contributed by atoms with Gasteiger partial charge in [0.2, 0.25) is 0 Å². The third-order valence-electron chi connectivity index (χ3n) is 7.78. The van der Waals surface area contributed by atoms with E-state index in [0.29, 0.717) is 29.7 Å². The van der Waals surface area contributed by atoms with E-state index in [-0.39, 0.29) is 42.5 Å². The maximum absolute atomic E-state index is 12.3. The first-order valence-corrected chi connectivity index (χ1v) is 14.8. The standard InChI is InChI=1S/C25H32Cl2N4O2S.3ClH/c1-34(32,33)24-14-22-16-31(21-7-10-29(11-8-21)25-13-20(27)6-9-28-25)23(15-30(22)17-24)12-18-2-4-19(26)5-3-18;;;/h2-6,9,13,21-24H,7-8,10-12,14-17H2,1H3;3*1H/t22-,23-,24-;;;/m0.../s1. The van der Waals surface area contributed by atoms with Crippen LogP contribution in [-0.4, -0.2) is 85.6 Å². The number of halogens is 5. The zero-order valence-electron chi connectivity index (χ0n) is 20.7. The predicted molar refractivity (Wildman–Crippen MR) is 160 cm³/mol. The Balaban J connectivity index is 0.00000160. The van der Waals surface area contributed by atoms with Crippen LogP contribution in [0.25, 0.3) is 0 Å². The lowest BCUT2D eigenvalue weighted by atomic mass is 9.94. The van der Waals surface area contributed by atoms with Gasteiger partial charge in [0.05, 0.1) is 5.25 Å². The van der Waals surface area contributed by atoms with Crippen LogP contribution in [0.1, 0.15) is 24.8 Å². The van der Waals surface area contributed by atoms with Crippen LogP contribution in [0.3, 0.4) is 0 Å². The Labute approximate surface area is 249 Å². The summed E-state index contributed by atoms with van der Waals surface area (Å²) in [6.45, 7) is 4.40. The average Bonchev–Trinajstić information content (AvgIpc) is 3.24. The van der Waals surface area contributed by atoms with Gasteiger partial charge >= 0.3 is 0 Å². The first-order valence-electron chi connectivity index (χ1n) is 12.1. The van der Waals surface area contributed by atoms with Crippen LogP contribution in [0.5, 0.6) is 0 Å². The lowest BCUT2D eigenvalue weighted by Crippen LogP contribution is -2.61. The van der Waals surface area contributed by atoms with Crippen molar-refractivity contribution >= 4 is 76.1 Å². The van der Waals surface area contributed by atoms with Crippen molar-refractivity contribution in [3.8, 4) is 0 Å². The molecule has 2 aromatic rings. The molecule has 3 aliphatic rings. The molecule has 0 amide bonds. The van der Waals surface area contributed by atoms with Gasteiger partial charge in [-0.15, -0.1) is 37.2 Å². The third-order valence-corrected chi connectivity index (χ3v) is 9.82. The van der Waals surface area contributed by atoms with Gasteiger partial charge in [-0.2, -0.15) is 0 Å². The van der Waals surface area contributed by atoms with Gasteiger partial charge in [-0.3, -0.25) is 9.80 Å². The van der Waals surface area contributed by atoms with Gasteiger partial charge in [-0.1, -0.05) is 35.3 Å². The summed E-state index contributed by atoms with van der Waals surface area (Å²) in [4.78, 5) is 11.9. The van der Waals surface area contributed by atoms with Crippen molar-refractivity contribution in [2.45, 2.75) is 49.1 Å². The topological polar surface area (TPSA) is 56.8 Å². The molecule has 3 aliphatic heterocycles. The number of nitrogens with zero attached hydrogens (tertiary/aromatic N) is 4. The first kappa shape index (κ1) is 32.7. The highest BCUT2D eigenvalue weighted by Crippen LogP contribution is 2.33. The molecule has 0 radical (unpaired) electrons. The summed E-state index contributed by atoms with van der Waals surface area (Å²) in [5.74, 6) is 0.945. The highest BCUT2D eigenvalue weighted by atomic mass is 35.5. The van der Waals surface area contributed by atoms with E-state index >= 15 is 0 Å². The Kier molecular flexibility index (Phi) is 12.1. The van der Waals surface area contributed by atoms with Gasteiger partial charge < -0.3 is 4.90 Å². The van der Waals surface area contributed by atoms with Crippen LogP contribution in [-0.2, 0) is 16.3 Å². The molecule has 1 aromatic carbocycles. The Bertz CT molecular complexity index is 1120. The molecule has 6 nitrogen and oxygen atoms in total. The lowest BCUT2D eigenvalue weighted by Gasteiger charge is -2.49. The first-order chi connectivity index (χ1) is 16.3. The summed E-state index contributed by atoms with van der Waals surface area (Å²) in [6, 6.07) is 13.0. The minimum Gasteiger partial charge on any atom is -0.356 e. The van der Waals surface area contributed by atoms with Gasteiger partial charge in [0.1, 0.15) is 5.82 Å². The van der Waals surface area contributed by atoms with Gasteiger partial charge in [0.15, 0.2) is 9.84 Å². The summed E-state index contributed by atoms with van der Waals surface area (Å²) in [6.07, 6.45) is 6.97. The van der Waals surface area contributed by atoms with Crippen LogP contribution in [0.4, 0.5) is 5.82 Å². The van der Waals surface area contributed by atoms with Gasteiger partial charge in [0.25, 0.3) is 0 Å². The molecule has 0 aliphatic carbocycles. The van der Waals surface area contributed by atoms with E-state index in [9.17, 15) is 8.42 Å². The Hall–Kier alpha value is -0.510. The average molecular weight is 633 g/mol. The molecule has 3 atom stereocenters. The van der Waals surface area contributed by atoms with E-state index in [1.54, 1.807) is 6.20 Å². The summed E-state index contributed by atoms with van der Waals surface area (Å²) in [7, 11) is -3.02. The van der Waals surface area contributed by atoms with Crippen molar-refractivity contribution in [3.63, 3.8) is 0 Å². The molecule has 37 heavy (non-hydrogen) atoms. The molecule has 208 valence electrons. The fourth-order valence-electron chi connectivity index (χ4n) is 5.94. The van der Waals surface area contributed by atoms with Crippen LogP contribution in [0, 0.1) is 0 Å². The second kappa shape index (κ2) is 13.7. The molecule has 12 heteroatoms. The second-order valence-corrected chi connectivity index (χ2v) is 13.2. The molecular formula is C25H35Cl5N4O2S. The Morgan fingerprint density at radius 2 is 1.59 bits per heavy atom. The highest BCUT2D eigenvalue weighted by Gasteiger charge is 2.45. The monoisotopic (exact) mass is 630 g/mol. The number of pyridine rings is 1. The van der Waals surface area contributed by atoms with Crippen molar-refractivity contribution in [1.29, 1.82) is 0 Å². The number of anilines is 1. The SMILES string of the molecule is CS(=O)(=O)[C@H]1C[C@H]2CN(C3CCN(c4cc(Cl)ccn4)CC3)[C@@H](Cc3ccc(Cl)cc3)CN2C1.Cl.Cl.Cl. The third kappa shape index (κ3) is 7.79. The normalized spacial score (nSPS) is 24.9.